The van der Waals surface area contributed by atoms with Crippen molar-refractivity contribution in [3.63, 3.8) is 0 Å². The SMILES string of the molecule is COc1cc(C)ccc1S(=O)(=O)N1Cc2ccnn2CC(CN(C)C)C1. The van der Waals surface area contributed by atoms with Gasteiger partial charge in [-0.15, -0.1) is 0 Å². The van der Waals surface area contributed by atoms with Crippen LogP contribution in [0.5, 0.6) is 5.75 Å². The van der Waals surface area contributed by atoms with Crippen LogP contribution in [0.15, 0.2) is 35.4 Å². The average Bonchev–Trinajstić information content (AvgIpc) is 2.92. The lowest BCUT2D eigenvalue weighted by Crippen LogP contribution is -2.37. The van der Waals surface area contributed by atoms with Gasteiger partial charge in [-0.2, -0.15) is 9.40 Å². The van der Waals surface area contributed by atoms with Crippen molar-refractivity contribution < 1.29 is 13.2 Å². The van der Waals surface area contributed by atoms with Crippen molar-refractivity contribution >= 4 is 10.0 Å². The highest BCUT2D eigenvalue weighted by Gasteiger charge is 2.33. The van der Waals surface area contributed by atoms with Gasteiger partial charge in [-0.1, -0.05) is 6.07 Å². The number of hydrogen-bond acceptors (Lipinski definition) is 5. The van der Waals surface area contributed by atoms with Gasteiger partial charge in [0.15, 0.2) is 0 Å². The Labute approximate surface area is 155 Å². The average molecular weight is 378 g/mol. The number of aryl methyl sites for hydroxylation is 1. The monoisotopic (exact) mass is 378 g/mol. The van der Waals surface area contributed by atoms with Gasteiger partial charge in [0, 0.05) is 31.7 Å². The number of ether oxygens (including phenoxy) is 1. The van der Waals surface area contributed by atoms with Gasteiger partial charge in [0.05, 0.1) is 19.3 Å². The predicted octanol–water partition coefficient (Wildman–Crippen LogP) is 1.58. The molecule has 0 N–H and O–H groups in total. The number of aromatic nitrogens is 2. The third-order valence-corrected chi connectivity index (χ3v) is 6.45. The van der Waals surface area contributed by atoms with E-state index in [2.05, 4.69) is 10.00 Å². The molecule has 0 amide bonds. The minimum atomic E-state index is -3.69. The van der Waals surface area contributed by atoms with E-state index in [9.17, 15) is 8.42 Å². The summed E-state index contributed by atoms with van der Waals surface area (Å²) >= 11 is 0. The zero-order valence-electron chi connectivity index (χ0n) is 15.7. The summed E-state index contributed by atoms with van der Waals surface area (Å²) in [5.74, 6) is 0.532. The lowest BCUT2D eigenvalue weighted by Gasteiger charge is -2.26. The quantitative estimate of drug-likeness (QED) is 0.790. The Bertz CT molecular complexity index is 876. The molecule has 1 atom stereocenters. The zero-order valence-corrected chi connectivity index (χ0v) is 16.5. The molecule has 2 heterocycles. The molecule has 0 fully saturated rings. The molecule has 3 rings (SSSR count). The van der Waals surface area contributed by atoms with Crippen LogP contribution >= 0.6 is 0 Å². The fraction of sp³-hybridized carbons (Fsp3) is 0.500. The summed E-state index contributed by atoms with van der Waals surface area (Å²) in [7, 11) is 1.81. The van der Waals surface area contributed by atoms with Gasteiger partial charge < -0.3 is 9.64 Å². The number of rotatable bonds is 5. The smallest absolute Gasteiger partial charge is 0.247 e. The van der Waals surface area contributed by atoms with Crippen molar-refractivity contribution in [3.8, 4) is 5.75 Å². The van der Waals surface area contributed by atoms with Crippen LogP contribution in [0, 0.1) is 12.8 Å². The van der Waals surface area contributed by atoms with Crippen molar-refractivity contribution in [2.75, 3.05) is 34.3 Å². The van der Waals surface area contributed by atoms with Crippen molar-refractivity contribution in [2.45, 2.75) is 24.9 Å². The molecule has 1 aromatic heterocycles. The highest BCUT2D eigenvalue weighted by atomic mass is 32.2. The first-order chi connectivity index (χ1) is 12.3. The summed E-state index contributed by atoms with van der Waals surface area (Å²) < 4.78 is 35.6. The minimum absolute atomic E-state index is 0.150. The second-order valence-corrected chi connectivity index (χ2v) is 8.99. The molecule has 1 aliphatic heterocycles. The van der Waals surface area contributed by atoms with E-state index in [4.69, 9.17) is 4.74 Å². The first-order valence-electron chi connectivity index (χ1n) is 8.61. The fourth-order valence-corrected chi connectivity index (χ4v) is 5.06. The molecule has 1 aromatic carbocycles. The van der Waals surface area contributed by atoms with Gasteiger partial charge in [0.25, 0.3) is 0 Å². The Kier molecular flexibility index (Phi) is 5.36. The maximum absolute atomic E-state index is 13.4. The summed E-state index contributed by atoms with van der Waals surface area (Å²) in [4.78, 5) is 2.29. The molecule has 7 nitrogen and oxygen atoms in total. The van der Waals surface area contributed by atoms with Crippen LogP contribution in [-0.4, -0.2) is 61.7 Å². The Morgan fingerprint density at radius 1 is 1.27 bits per heavy atom. The van der Waals surface area contributed by atoms with E-state index in [-0.39, 0.29) is 10.8 Å². The first-order valence-corrected chi connectivity index (χ1v) is 10.1. The number of benzene rings is 1. The number of fused-ring (bicyclic) bond motifs is 1. The Hall–Kier alpha value is -1.90. The van der Waals surface area contributed by atoms with Crippen LogP contribution in [0.3, 0.4) is 0 Å². The van der Waals surface area contributed by atoms with Crippen LogP contribution in [0.4, 0.5) is 0 Å². The largest absolute Gasteiger partial charge is 0.495 e. The predicted molar refractivity (Wildman–Crippen MR) is 99.6 cm³/mol. The molecule has 1 unspecified atom stereocenters. The topological polar surface area (TPSA) is 67.7 Å². The number of hydrogen-bond donors (Lipinski definition) is 0. The van der Waals surface area contributed by atoms with Gasteiger partial charge in [-0.3, -0.25) is 4.68 Å². The summed E-state index contributed by atoms with van der Waals surface area (Å²) in [5.41, 5.74) is 1.86. The molecule has 1 aliphatic rings. The van der Waals surface area contributed by atoms with Crippen molar-refractivity contribution in [2.24, 2.45) is 5.92 Å². The van der Waals surface area contributed by atoms with Crippen LogP contribution < -0.4 is 4.74 Å². The van der Waals surface area contributed by atoms with Crippen LogP contribution in [0.25, 0.3) is 0 Å². The summed E-state index contributed by atoms with van der Waals surface area (Å²) in [6, 6.07) is 7.07. The highest BCUT2D eigenvalue weighted by Crippen LogP contribution is 2.30. The van der Waals surface area contributed by atoms with E-state index >= 15 is 0 Å². The number of nitrogens with zero attached hydrogens (tertiary/aromatic N) is 4. The van der Waals surface area contributed by atoms with E-state index in [1.165, 1.54) is 7.11 Å². The van der Waals surface area contributed by atoms with Crippen molar-refractivity contribution in [3.05, 3.63) is 41.7 Å². The molecule has 0 bridgehead atoms. The van der Waals surface area contributed by atoms with Gasteiger partial charge in [-0.25, -0.2) is 8.42 Å². The maximum atomic E-state index is 13.4. The second kappa shape index (κ2) is 7.38. The Morgan fingerprint density at radius 3 is 2.73 bits per heavy atom. The standard InChI is InChI=1S/C18H26N4O3S/c1-14-5-6-18(17(9-14)25-4)26(23,24)21-11-15(10-20(2)3)12-22-16(13-21)7-8-19-22/h5-9,15H,10-13H2,1-4H3. The summed E-state index contributed by atoms with van der Waals surface area (Å²) in [6.45, 7) is 4.16. The summed E-state index contributed by atoms with van der Waals surface area (Å²) in [6.07, 6.45) is 1.73. The highest BCUT2D eigenvalue weighted by molar-refractivity contribution is 7.89. The van der Waals surface area contributed by atoms with Gasteiger partial charge in [-0.05, 0) is 44.8 Å². The van der Waals surface area contributed by atoms with Crippen LogP contribution in [-0.2, 0) is 23.1 Å². The molecule has 2 aromatic rings. The molecule has 142 valence electrons. The van der Waals surface area contributed by atoms with Crippen LogP contribution in [0.2, 0.25) is 0 Å². The third-order valence-electron chi connectivity index (χ3n) is 4.60. The molecule has 0 aliphatic carbocycles. The molecule has 0 saturated carbocycles. The molecular weight excluding hydrogens is 352 g/mol. The third kappa shape index (κ3) is 3.77. The molecular formula is C18H26N4O3S. The molecule has 0 radical (unpaired) electrons. The number of sulfonamides is 1. The van der Waals surface area contributed by atoms with Gasteiger partial charge in [0.1, 0.15) is 10.6 Å². The van der Waals surface area contributed by atoms with Gasteiger partial charge >= 0.3 is 0 Å². The first kappa shape index (κ1) is 18.9. The van der Waals surface area contributed by atoms with E-state index in [0.29, 0.717) is 25.4 Å². The normalized spacial score (nSPS) is 18.6. The van der Waals surface area contributed by atoms with Crippen molar-refractivity contribution in [1.82, 2.24) is 19.0 Å². The number of methoxy groups -OCH3 is 1. The van der Waals surface area contributed by atoms with E-state index in [0.717, 1.165) is 17.8 Å². The van der Waals surface area contributed by atoms with E-state index < -0.39 is 10.0 Å². The zero-order chi connectivity index (χ0) is 18.9. The molecule has 26 heavy (non-hydrogen) atoms. The minimum Gasteiger partial charge on any atom is -0.495 e. The van der Waals surface area contributed by atoms with E-state index in [1.54, 1.807) is 28.7 Å². The molecule has 0 spiro atoms. The Morgan fingerprint density at radius 2 is 2.04 bits per heavy atom. The summed E-state index contributed by atoms with van der Waals surface area (Å²) in [5, 5.41) is 4.36. The lowest BCUT2D eigenvalue weighted by molar-refractivity contribution is 0.260. The lowest BCUT2D eigenvalue weighted by atomic mass is 10.1. The Balaban J connectivity index is 2.00. The van der Waals surface area contributed by atoms with E-state index in [1.807, 2.05) is 31.8 Å². The van der Waals surface area contributed by atoms with Gasteiger partial charge in [0.2, 0.25) is 10.0 Å². The maximum Gasteiger partial charge on any atom is 0.247 e. The molecule has 8 heteroatoms. The fourth-order valence-electron chi connectivity index (χ4n) is 3.44. The van der Waals surface area contributed by atoms with Crippen LogP contribution in [0.1, 0.15) is 11.3 Å². The second-order valence-electron chi connectivity index (χ2n) is 7.08. The molecule has 0 saturated heterocycles. The van der Waals surface area contributed by atoms with Crippen molar-refractivity contribution in [1.29, 1.82) is 0 Å².